The second-order valence-electron chi connectivity index (χ2n) is 5.61. The van der Waals surface area contributed by atoms with Crippen LogP contribution >= 0.6 is 0 Å². The summed E-state index contributed by atoms with van der Waals surface area (Å²) in [5, 5.41) is 8.69. The molecule has 3 nitrogen and oxygen atoms in total. The number of ketones is 2. The molecule has 0 aromatic rings. The zero-order chi connectivity index (χ0) is 15.1. The molecule has 0 aromatic heterocycles. The van der Waals surface area contributed by atoms with Gasteiger partial charge in [0.25, 0.3) is 0 Å². The van der Waals surface area contributed by atoms with Gasteiger partial charge in [0.1, 0.15) is 0 Å². The van der Waals surface area contributed by atoms with Crippen LogP contribution in [0.25, 0.3) is 0 Å². The summed E-state index contributed by atoms with van der Waals surface area (Å²) in [5.41, 5.74) is 2.56. The van der Waals surface area contributed by atoms with Crippen LogP contribution < -0.4 is 0 Å². The second-order valence-corrected chi connectivity index (χ2v) is 5.61. The van der Waals surface area contributed by atoms with Crippen LogP contribution in [0.4, 0.5) is 0 Å². The van der Waals surface area contributed by atoms with Crippen LogP contribution in [-0.4, -0.2) is 23.3 Å². The van der Waals surface area contributed by atoms with E-state index in [2.05, 4.69) is 0 Å². The van der Waals surface area contributed by atoms with E-state index in [0.29, 0.717) is 28.7 Å². The maximum absolute atomic E-state index is 12.2. The lowest BCUT2D eigenvalue weighted by molar-refractivity contribution is -0.116. The normalized spacial score (nSPS) is 16.4. The van der Waals surface area contributed by atoms with Crippen LogP contribution in [0, 0.1) is 0 Å². The molecular formula is C17H26O3. The van der Waals surface area contributed by atoms with Crippen LogP contribution in [0.2, 0.25) is 0 Å². The Balaban J connectivity index is 2.44. The number of hydrogen-bond donors (Lipinski definition) is 1. The molecule has 20 heavy (non-hydrogen) atoms. The van der Waals surface area contributed by atoms with E-state index in [4.69, 9.17) is 5.11 Å². The van der Waals surface area contributed by atoms with Gasteiger partial charge in [-0.1, -0.05) is 25.7 Å². The van der Waals surface area contributed by atoms with Crippen LogP contribution in [0.5, 0.6) is 0 Å². The molecule has 0 aromatic carbocycles. The Labute approximate surface area is 121 Å². The highest BCUT2D eigenvalue weighted by atomic mass is 16.2. The number of unbranched alkanes of at least 4 members (excludes halogenated alkanes) is 5. The summed E-state index contributed by atoms with van der Waals surface area (Å²) in [4.78, 5) is 24.2. The number of rotatable bonds is 8. The first-order valence-electron chi connectivity index (χ1n) is 7.58. The molecule has 0 bridgehead atoms. The molecule has 0 aliphatic heterocycles. The molecule has 1 rings (SSSR count). The summed E-state index contributed by atoms with van der Waals surface area (Å²) in [6.07, 6.45) is 6.94. The largest absolute Gasteiger partial charge is 0.396 e. The van der Waals surface area contributed by atoms with E-state index in [0.717, 1.165) is 38.5 Å². The van der Waals surface area contributed by atoms with Crippen LogP contribution in [0.3, 0.4) is 0 Å². The fourth-order valence-electron chi connectivity index (χ4n) is 2.58. The first kappa shape index (κ1) is 16.8. The van der Waals surface area contributed by atoms with Gasteiger partial charge in [0.05, 0.1) is 0 Å². The zero-order valence-corrected chi connectivity index (χ0v) is 12.9. The Morgan fingerprint density at radius 3 is 1.80 bits per heavy atom. The van der Waals surface area contributed by atoms with Crippen LogP contribution in [0.1, 0.15) is 65.7 Å². The molecule has 0 amide bonds. The SMILES string of the molecule is CC1=C(C)C(=O)C(CCCCCCCCO)=C(C)C1=O. The quantitative estimate of drug-likeness (QED) is 0.546. The molecule has 0 saturated heterocycles. The van der Waals surface area contributed by atoms with Gasteiger partial charge in [0.15, 0.2) is 11.6 Å². The fraction of sp³-hybridized carbons (Fsp3) is 0.647. The van der Waals surface area contributed by atoms with Crippen molar-refractivity contribution in [3.05, 3.63) is 22.3 Å². The molecule has 1 aliphatic carbocycles. The van der Waals surface area contributed by atoms with Gasteiger partial charge in [0.2, 0.25) is 0 Å². The third-order valence-electron chi connectivity index (χ3n) is 4.15. The number of aliphatic hydroxyl groups excluding tert-OH is 1. The van der Waals surface area contributed by atoms with Crippen molar-refractivity contribution >= 4 is 11.6 Å². The lowest BCUT2D eigenvalue weighted by atomic mass is 9.84. The number of aliphatic hydroxyl groups is 1. The van der Waals surface area contributed by atoms with Crippen molar-refractivity contribution in [2.75, 3.05) is 6.61 Å². The second kappa shape index (κ2) is 8.15. The van der Waals surface area contributed by atoms with Gasteiger partial charge in [-0.2, -0.15) is 0 Å². The van der Waals surface area contributed by atoms with Crippen molar-refractivity contribution < 1.29 is 14.7 Å². The monoisotopic (exact) mass is 278 g/mol. The van der Waals surface area contributed by atoms with Crippen molar-refractivity contribution in [1.82, 2.24) is 0 Å². The molecule has 0 atom stereocenters. The molecule has 0 saturated carbocycles. The summed E-state index contributed by atoms with van der Waals surface area (Å²) >= 11 is 0. The lowest BCUT2D eigenvalue weighted by Crippen LogP contribution is -2.20. The Morgan fingerprint density at radius 1 is 0.700 bits per heavy atom. The Morgan fingerprint density at radius 2 is 1.20 bits per heavy atom. The van der Waals surface area contributed by atoms with Gasteiger partial charge in [-0.25, -0.2) is 0 Å². The van der Waals surface area contributed by atoms with E-state index in [9.17, 15) is 9.59 Å². The molecule has 1 aliphatic rings. The van der Waals surface area contributed by atoms with E-state index in [1.54, 1.807) is 20.8 Å². The lowest BCUT2D eigenvalue weighted by Gasteiger charge is -2.18. The van der Waals surface area contributed by atoms with Gasteiger partial charge in [-0.05, 0) is 40.0 Å². The maximum Gasteiger partial charge on any atom is 0.185 e. The summed E-state index contributed by atoms with van der Waals surface area (Å²) in [6, 6.07) is 0. The number of Topliss-reactive ketones (excluding diaryl/α,β-unsaturated/α-hetero) is 2. The molecule has 0 unspecified atom stereocenters. The summed E-state index contributed by atoms with van der Waals surface area (Å²) in [7, 11) is 0. The van der Waals surface area contributed by atoms with E-state index in [-0.39, 0.29) is 18.2 Å². The van der Waals surface area contributed by atoms with E-state index >= 15 is 0 Å². The highest BCUT2D eigenvalue weighted by molar-refractivity contribution is 6.24. The van der Waals surface area contributed by atoms with E-state index < -0.39 is 0 Å². The Bertz CT molecular complexity index is 441. The van der Waals surface area contributed by atoms with Crippen LogP contribution in [-0.2, 0) is 9.59 Å². The van der Waals surface area contributed by atoms with Crippen LogP contribution in [0.15, 0.2) is 22.3 Å². The smallest absolute Gasteiger partial charge is 0.185 e. The van der Waals surface area contributed by atoms with Crippen molar-refractivity contribution in [3.63, 3.8) is 0 Å². The maximum atomic E-state index is 12.2. The predicted molar refractivity (Wildman–Crippen MR) is 80.5 cm³/mol. The van der Waals surface area contributed by atoms with Crippen molar-refractivity contribution in [1.29, 1.82) is 0 Å². The minimum atomic E-state index is 0.0278. The summed E-state index contributed by atoms with van der Waals surface area (Å²) in [6.45, 7) is 5.52. The number of carbonyl (C=O) groups excluding carboxylic acids is 2. The summed E-state index contributed by atoms with van der Waals surface area (Å²) < 4.78 is 0. The van der Waals surface area contributed by atoms with Crippen molar-refractivity contribution in [2.24, 2.45) is 0 Å². The fourth-order valence-corrected chi connectivity index (χ4v) is 2.58. The number of allylic oxidation sites excluding steroid dienone is 4. The molecule has 0 radical (unpaired) electrons. The first-order valence-corrected chi connectivity index (χ1v) is 7.58. The standard InChI is InChI=1S/C17H26O3/c1-12-13(2)17(20)15(14(3)16(12)19)10-8-6-4-5-7-9-11-18/h18H,4-11H2,1-3H3. The van der Waals surface area contributed by atoms with Gasteiger partial charge in [-0.15, -0.1) is 0 Å². The third-order valence-corrected chi connectivity index (χ3v) is 4.15. The summed E-state index contributed by atoms with van der Waals surface area (Å²) in [5.74, 6) is 0.0833. The molecule has 3 heteroatoms. The zero-order valence-electron chi connectivity index (χ0n) is 12.9. The third kappa shape index (κ3) is 4.14. The van der Waals surface area contributed by atoms with E-state index in [1.807, 2.05) is 0 Å². The average Bonchev–Trinajstić information content (AvgIpc) is 2.45. The van der Waals surface area contributed by atoms with Gasteiger partial charge >= 0.3 is 0 Å². The molecule has 0 fully saturated rings. The minimum absolute atomic E-state index is 0.0278. The van der Waals surface area contributed by atoms with Gasteiger partial charge in [-0.3, -0.25) is 9.59 Å². The average molecular weight is 278 g/mol. The highest BCUT2D eigenvalue weighted by Gasteiger charge is 2.26. The highest BCUT2D eigenvalue weighted by Crippen LogP contribution is 2.27. The first-order chi connectivity index (χ1) is 9.50. The molecule has 0 heterocycles. The topological polar surface area (TPSA) is 54.4 Å². The van der Waals surface area contributed by atoms with E-state index in [1.165, 1.54) is 0 Å². The number of hydrogen-bond acceptors (Lipinski definition) is 3. The van der Waals surface area contributed by atoms with Crippen molar-refractivity contribution in [3.8, 4) is 0 Å². The Hall–Kier alpha value is -1.22. The molecule has 112 valence electrons. The molecular weight excluding hydrogens is 252 g/mol. The minimum Gasteiger partial charge on any atom is -0.396 e. The van der Waals surface area contributed by atoms with Gasteiger partial charge in [0, 0.05) is 28.9 Å². The molecule has 0 spiro atoms. The Kier molecular flexibility index (Phi) is 6.86. The molecule has 1 N–H and O–H groups in total. The van der Waals surface area contributed by atoms with Gasteiger partial charge < -0.3 is 5.11 Å². The van der Waals surface area contributed by atoms with Crippen molar-refractivity contribution in [2.45, 2.75) is 65.7 Å². The number of carbonyl (C=O) groups is 2. The predicted octanol–water partition coefficient (Wildman–Crippen LogP) is 3.51.